The second-order valence-corrected chi connectivity index (χ2v) is 8.58. The molecule has 1 heterocycles. The number of nitrogens with zero attached hydrogens (tertiary/aromatic N) is 2. The summed E-state index contributed by atoms with van der Waals surface area (Å²) < 4.78 is 14.4. The minimum absolute atomic E-state index is 0.137. The molecule has 8 heteroatoms. The fraction of sp³-hybridized carbons (Fsp3) is 0.174. The lowest BCUT2D eigenvalue weighted by Crippen LogP contribution is -2.25. The van der Waals surface area contributed by atoms with Crippen LogP contribution in [0.2, 0.25) is 10.0 Å². The Balaban J connectivity index is 1.51. The molecule has 3 aromatic carbocycles. The van der Waals surface area contributed by atoms with Crippen LogP contribution < -0.4 is 9.47 Å². The van der Waals surface area contributed by atoms with Crippen molar-refractivity contribution in [3.63, 3.8) is 0 Å². The number of benzene rings is 3. The van der Waals surface area contributed by atoms with Crippen molar-refractivity contribution in [3.05, 3.63) is 87.1 Å². The number of hydrogen-bond donors (Lipinski definition) is 1. The molecule has 1 N–H and O–H groups in total. The monoisotopic (exact) mass is 520 g/mol. The molecular formula is C23H19BrCl2N2O3. The summed E-state index contributed by atoms with van der Waals surface area (Å²) >= 11 is 15.6. The van der Waals surface area contributed by atoms with Gasteiger partial charge in [-0.25, -0.2) is 4.98 Å². The topological polar surface area (TPSA) is 56.5 Å². The van der Waals surface area contributed by atoms with E-state index in [0.29, 0.717) is 33.9 Å². The van der Waals surface area contributed by atoms with Crippen LogP contribution >= 0.6 is 39.1 Å². The van der Waals surface area contributed by atoms with Gasteiger partial charge in [-0.2, -0.15) is 0 Å². The third-order valence-corrected chi connectivity index (χ3v) is 5.83. The molecule has 1 atom stereocenters. The zero-order valence-corrected chi connectivity index (χ0v) is 19.4. The van der Waals surface area contributed by atoms with Gasteiger partial charge in [0.2, 0.25) is 0 Å². The van der Waals surface area contributed by atoms with Gasteiger partial charge < -0.3 is 19.1 Å². The number of fused-ring (bicyclic) bond motifs is 1. The summed E-state index contributed by atoms with van der Waals surface area (Å²) in [5.41, 5.74) is 1.73. The largest absolute Gasteiger partial charge is 0.490 e. The first-order valence-electron chi connectivity index (χ1n) is 9.58. The van der Waals surface area contributed by atoms with Gasteiger partial charge in [-0.1, -0.05) is 47.5 Å². The predicted molar refractivity (Wildman–Crippen MR) is 126 cm³/mol. The van der Waals surface area contributed by atoms with Crippen LogP contribution in [-0.2, 0) is 13.2 Å². The molecule has 0 saturated carbocycles. The standard InChI is InChI=1S/C23H19BrCl2N2O3/c24-17-5-1-4-8-21(17)30-13-16(29)12-28-20-7-3-2-6-19(20)27-23(28)14-31-22-10-9-15(25)11-18(22)26/h1-11,16,29H,12-14H2. The maximum absolute atomic E-state index is 10.7. The molecule has 4 rings (SSSR count). The number of hydrogen-bond acceptors (Lipinski definition) is 4. The van der Waals surface area contributed by atoms with Crippen molar-refractivity contribution in [3.8, 4) is 11.5 Å². The van der Waals surface area contributed by atoms with Gasteiger partial charge in [0.05, 0.1) is 27.1 Å². The lowest BCUT2D eigenvalue weighted by Gasteiger charge is -2.16. The molecule has 0 bridgehead atoms. The molecule has 31 heavy (non-hydrogen) atoms. The van der Waals surface area contributed by atoms with E-state index in [2.05, 4.69) is 20.9 Å². The lowest BCUT2D eigenvalue weighted by atomic mass is 10.3. The maximum atomic E-state index is 10.7. The minimum Gasteiger partial charge on any atom is -0.490 e. The molecule has 0 fully saturated rings. The number of aliphatic hydroxyl groups excluding tert-OH is 1. The highest BCUT2D eigenvalue weighted by molar-refractivity contribution is 9.10. The van der Waals surface area contributed by atoms with Crippen molar-refractivity contribution < 1.29 is 14.6 Å². The van der Waals surface area contributed by atoms with E-state index in [1.165, 1.54) is 0 Å². The highest BCUT2D eigenvalue weighted by Crippen LogP contribution is 2.29. The molecule has 0 saturated heterocycles. The van der Waals surface area contributed by atoms with Crippen molar-refractivity contribution in [2.75, 3.05) is 6.61 Å². The number of aliphatic hydroxyl groups is 1. The molecule has 0 aliphatic carbocycles. The average molecular weight is 522 g/mol. The van der Waals surface area contributed by atoms with Gasteiger partial charge in [-0.05, 0) is 58.4 Å². The van der Waals surface area contributed by atoms with Crippen LogP contribution in [0, 0.1) is 0 Å². The Kier molecular flexibility index (Phi) is 7.02. The second kappa shape index (κ2) is 9.92. The van der Waals surface area contributed by atoms with Crippen molar-refractivity contribution >= 4 is 50.2 Å². The molecular weight excluding hydrogens is 503 g/mol. The zero-order valence-electron chi connectivity index (χ0n) is 16.3. The lowest BCUT2D eigenvalue weighted by molar-refractivity contribution is 0.0914. The molecule has 160 valence electrons. The Morgan fingerprint density at radius 2 is 1.74 bits per heavy atom. The number of rotatable bonds is 8. The first kappa shape index (κ1) is 22.0. The molecule has 0 amide bonds. The van der Waals surface area contributed by atoms with E-state index in [4.69, 9.17) is 32.7 Å². The van der Waals surface area contributed by atoms with Crippen molar-refractivity contribution in [2.45, 2.75) is 19.3 Å². The van der Waals surface area contributed by atoms with E-state index < -0.39 is 6.10 Å². The van der Waals surface area contributed by atoms with Crippen LogP contribution in [0.15, 0.2) is 71.2 Å². The first-order chi connectivity index (χ1) is 15.0. The van der Waals surface area contributed by atoms with Crippen LogP contribution in [0.25, 0.3) is 11.0 Å². The first-order valence-corrected chi connectivity index (χ1v) is 11.1. The van der Waals surface area contributed by atoms with Crippen molar-refractivity contribution in [1.82, 2.24) is 9.55 Å². The maximum Gasteiger partial charge on any atom is 0.148 e. The van der Waals surface area contributed by atoms with Crippen LogP contribution in [0.1, 0.15) is 5.82 Å². The molecule has 0 spiro atoms. The third kappa shape index (κ3) is 5.33. The number of halogens is 3. The Bertz CT molecular complexity index is 1200. The minimum atomic E-state index is -0.748. The fourth-order valence-corrected chi connectivity index (χ4v) is 4.05. The highest BCUT2D eigenvalue weighted by Gasteiger charge is 2.16. The summed E-state index contributed by atoms with van der Waals surface area (Å²) in [6.45, 7) is 0.629. The molecule has 1 unspecified atom stereocenters. The zero-order chi connectivity index (χ0) is 21.8. The van der Waals surface area contributed by atoms with Gasteiger partial charge in [0.15, 0.2) is 0 Å². The number of ether oxygens (including phenoxy) is 2. The average Bonchev–Trinajstić information content (AvgIpc) is 3.10. The van der Waals surface area contributed by atoms with E-state index in [9.17, 15) is 5.11 Å². The fourth-order valence-electron chi connectivity index (χ4n) is 3.19. The summed E-state index contributed by atoms with van der Waals surface area (Å²) in [6, 6.07) is 20.3. The Labute approximate surface area is 198 Å². The molecule has 0 aliphatic rings. The summed E-state index contributed by atoms with van der Waals surface area (Å²) in [5.74, 6) is 1.87. The summed E-state index contributed by atoms with van der Waals surface area (Å²) in [5, 5.41) is 11.6. The molecule has 4 aromatic rings. The van der Waals surface area contributed by atoms with Crippen LogP contribution in [-0.4, -0.2) is 27.4 Å². The van der Waals surface area contributed by atoms with Gasteiger partial charge in [-0.15, -0.1) is 0 Å². The van der Waals surface area contributed by atoms with E-state index in [-0.39, 0.29) is 13.2 Å². The summed E-state index contributed by atoms with van der Waals surface area (Å²) in [7, 11) is 0. The van der Waals surface area contributed by atoms with Gasteiger partial charge in [0.1, 0.15) is 36.6 Å². The Morgan fingerprint density at radius 3 is 2.55 bits per heavy atom. The van der Waals surface area contributed by atoms with Gasteiger partial charge in [-0.3, -0.25) is 0 Å². The molecule has 1 aromatic heterocycles. The van der Waals surface area contributed by atoms with Crippen molar-refractivity contribution in [2.24, 2.45) is 0 Å². The third-order valence-electron chi connectivity index (χ3n) is 4.65. The molecule has 5 nitrogen and oxygen atoms in total. The summed E-state index contributed by atoms with van der Waals surface area (Å²) in [6.07, 6.45) is -0.748. The van der Waals surface area contributed by atoms with Crippen LogP contribution in [0.4, 0.5) is 0 Å². The van der Waals surface area contributed by atoms with E-state index in [0.717, 1.165) is 15.5 Å². The van der Waals surface area contributed by atoms with E-state index in [1.54, 1.807) is 18.2 Å². The SMILES string of the molecule is OC(COc1ccccc1Br)Cn1c(COc2ccc(Cl)cc2Cl)nc2ccccc21. The van der Waals surface area contributed by atoms with Gasteiger partial charge in [0, 0.05) is 5.02 Å². The molecule has 0 aliphatic heterocycles. The molecule has 0 radical (unpaired) electrons. The van der Waals surface area contributed by atoms with Gasteiger partial charge in [0.25, 0.3) is 0 Å². The number of aromatic nitrogens is 2. The summed E-state index contributed by atoms with van der Waals surface area (Å²) in [4.78, 5) is 4.67. The highest BCUT2D eigenvalue weighted by atomic mass is 79.9. The van der Waals surface area contributed by atoms with Gasteiger partial charge >= 0.3 is 0 Å². The van der Waals surface area contributed by atoms with Crippen LogP contribution in [0.3, 0.4) is 0 Å². The quantitative estimate of drug-likeness (QED) is 0.303. The number of imidazole rings is 1. The smallest absolute Gasteiger partial charge is 0.148 e. The Morgan fingerprint density at radius 1 is 0.968 bits per heavy atom. The van der Waals surface area contributed by atoms with Crippen molar-refractivity contribution in [1.29, 1.82) is 0 Å². The predicted octanol–water partition coefficient (Wildman–Crippen LogP) is 6.12. The normalized spacial score (nSPS) is 12.1. The Hall–Kier alpha value is -2.25. The second-order valence-electron chi connectivity index (χ2n) is 6.89. The van der Waals surface area contributed by atoms with E-state index >= 15 is 0 Å². The van der Waals surface area contributed by atoms with Crippen LogP contribution in [0.5, 0.6) is 11.5 Å². The number of para-hydroxylation sites is 3. The van der Waals surface area contributed by atoms with E-state index in [1.807, 2.05) is 53.1 Å².